The van der Waals surface area contributed by atoms with E-state index in [1.807, 2.05) is 24.3 Å². The van der Waals surface area contributed by atoms with Gasteiger partial charge < -0.3 is 4.74 Å². The second-order valence-electron chi connectivity index (χ2n) is 5.42. The molecule has 0 radical (unpaired) electrons. The third-order valence-corrected chi connectivity index (χ3v) is 7.34. The molecule has 9 heteroatoms. The summed E-state index contributed by atoms with van der Waals surface area (Å²) in [5.41, 5.74) is 1.32. The Morgan fingerprint density at radius 1 is 1.27 bits per heavy atom. The lowest BCUT2D eigenvalue weighted by molar-refractivity contribution is 0.417. The Balaban J connectivity index is 1.54. The topological polar surface area (TPSA) is 68.3 Å². The van der Waals surface area contributed by atoms with E-state index in [0.29, 0.717) is 28.6 Å². The predicted octanol–water partition coefficient (Wildman–Crippen LogP) is 4.88. The average Bonchev–Trinajstić information content (AvgIpc) is 3.01. The highest BCUT2D eigenvalue weighted by atomic mass is 35.5. The van der Waals surface area contributed by atoms with Crippen LogP contribution in [-0.4, -0.2) is 32.0 Å². The number of halogens is 1. The molecule has 3 aromatic rings. The molecule has 3 rings (SSSR count). The molecule has 1 heterocycles. The number of thiazole rings is 1. The second kappa shape index (κ2) is 8.47. The fourth-order valence-electron chi connectivity index (χ4n) is 2.30. The number of para-hydroxylation sites is 1. The SMILES string of the molecule is COc1ccc(Cl)cc1NS(=O)(=O)CCCSc1nc2ccccc2s1. The zero-order chi connectivity index (χ0) is 18.6. The smallest absolute Gasteiger partial charge is 0.232 e. The van der Waals surface area contributed by atoms with Gasteiger partial charge in [-0.05, 0) is 36.8 Å². The van der Waals surface area contributed by atoms with Gasteiger partial charge in [0.2, 0.25) is 10.0 Å². The van der Waals surface area contributed by atoms with Gasteiger partial charge in [-0.25, -0.2) is 13.4 Å². The Morgan fingerprint density at radius 3 is 2.85 bits per heavy atom. The number of nitrogens with one attached hydrogen (secondary N) is 1. The van der Waals surface area contributed by atoms with Gasteiger partial charge in [0.1, 0.15) is 5.75 Å². The van der Waals surface area contributed by atoms with Crippen LogP contribution in [0.15, 0.2) is 46.8 Å². The zero-order valence-corrected chi connectivity index (χ0v) is 17.1. The van der Waals surface area contributed by atoms with Crippen molar-refractivity contribution in [3.05, 3.63) is 47.5 Å². The average molecular weight is 429 g/mol. The van der Waals surface area contributed by atoms with Crippen molar-refractivity contribution in [3.63, 3.8) is 0 Å². The second-order valence-corrected chi connectivity index (χ2v) is 10.1. The van der Waals surface area contributed by atoms with Crippen molar-refractivity contribution in [1.82, 2.24) is 4.98 Å². The van der Waals surface area contributed by atoms with Gasteiger partial charge in [0.15, 0.2) is 4.34 Å². The summed E-state index contributed by atoms with van der Waals surface area (Å²) >= 11 is 9.12. The zero-order valence-electron chi connectivity index (χ0n) is 13.9. The number of sulfonamides is 1. The van der Waals surface area contributed by atoms with E-state index >= 15 is 0 Å². The number of benzene rings is 2. The van der Waals surface area contributed by atoms with Crippen molar-refractivity contribution in [2.45, 2.75) is 10.8 Å². The molecule has 0 bridgehead atoms. The number of hydrogen-bond acceptors (Lipinski definition) is 6. The monoisotopic (exact) mass is 428 g/mol. The number of ether oxygens (including phenoxy) is 1. The maximum Gasteiger partial charge on any atom is 0.232 e. The number of anilines is 1. The molecule has 0 saturated carbocycles. The van der Waals surface area contributed by atoms with Gasteiger partial charge in [-0.3, -0.25) is 4.72 Å². The minimum Gasteiger partial charge on any atom is -0.495 e. The molecule has 5 nitrogen and oxygen atoms in total. The summed E-state index contributed by atoms with van der Waals surface area (Å²) in [4.78, 5) is 4.53. The molecule has 1 N–H and O–H groups in total. The van der Waals surface area contributed by atoms with Gasteiger partial charge in [-0.15, -0.1) is 11.3 Å². The molecule has 26 heavy (non-hydrogen) atoms. The van der Waals surface area contributed by atoms with E-state index in [4.69, 9.17) is 16.3 Å². The number of fused-ring (bicyclic) bond motifs is 1. The molecule has 138 valence electrons. The first-order chi connectivity index (χ1) is 12.5. The van der Waals surface area contributed by atoms with Crippen LogP contribution < -0.4 is 9.46 Å². The summed E-state index contributed by atoms with van der Waals surface area (Å²) in [6.07, 6.45) is 0.513. The van der Waals surface area contributed by atoms with E-state index < -0.39 is 10.0 Å². The van der Waals surface area contributed by atoms with Crippen molar-refractivity contribution < 1.29 is 13.2 Å². The number of aromatic nitrogens is 1. The number of methoxy groups -OCH3 is 1. The summed E-state index contributed by atoms with van der Waals surface area (Å²) in [5.74, 6) is 1.12. The van der Waals surface area contributed by atoms with Crippen LogP contribution in [0.1, 0.15) is 6.42 Å². The molecule has 0 aliphatic carbocycles. The maximum atomic E-state index is 12.3. The van der Waals surface area contributed by atoms with Crippen LogP contribution in [-0.2, 0) is 10.0 Å². The molecule has 1 aromatic heterocycles. The minimum absolute atomic E-state index is 0.0144. The van der Waals surface area contributed by atoms with E-state index in [1.54, 1.807) is 35.2 Å². The van der Waals surface area contributed by atoms with Gasteiger partial charge in [-0.2, -0.15) is 0 Å². The van der Waals surface area contributed by atoms with Crippen LogP contribution in [0.25, 0.3) is 10.2 Å². The van der Waals surface area contributed by atoms with Gasteiger partial charge in [-0.1, -0.05) is 35.5 Å². The highest BCUT2D eigenvalue weighted by Crippen LogP contribution is 2.30. The lowest BCUT2D eigenvalue weighted by Gasteiger charge is -2.12. The Hall–Kier alpha value is -1.48. The number of rotatable bonds is 8. The van der Waals surface area contributed by atoms with E-state index in [-0.39, 0.29) is 5.75 Å². The number of nitrogens with zero attached hydrogens (tertiary/aromatic N) is 1. The molecule has 0 fully saturated rings. The molecule has 0 aliphatic rings. The quantitative estimate of drug-likeness (QED) is 0.409. The molecule has 0 aliphatic heterocycles. The van der Waals surface area contributed by atoms with Gasteiger partial charge in [0, 0.05) is 10.8 Å². The van der Waals surface area contributed by atoms with Crippen molar-refractivity contribution in [2.75, 3.05) is 23.3 Å². The normalized spacial score (nSPS) is 11.6. The van der Waals surface area contributed by atoms with Gasteiger partial charge >= 0.3 is 0 Å². The summed E-state index contributed by atoms with van der Waals surface area (Å²) in [6, 6.07) is 12.8. The fraction of sp³-hybridized carbons (Fsp3) is 0.235. The third-order valence-electron chi connectivity index (χ3n) is 3.48. The molecular weight excluding hydrogens is 412 g/mol. The first-order valence-electron chi connectivity index (χ1n) is 7.79. The van der Waals surface area contributed by atoms with E-state index in [1.165, 1.54) is 13.2 Å². The number of hydrogen-bond donors (Lipinski definition) is 1. The Kier molecular flexibility index (Phi) is 6.29. The summed E-state index contributed by atoms with van der Waals surface area (Å²) in [6.45, 7) is 0. The van der Waals surface area contributed by atoms with Crippen molar-refractivity contribution in [1.29, 1.82) is 0 Å². The third kappa shape index (κ3) is 5.03. The van der Waals surface area contributed by atoms with Crippen LogP contribution >= 0.6 is 34.7 Å². The Morgan fingerprint density at radius 2 is 2.08 bits per heavy atom. The highest BCUT2D eigenvalue weighted by molar-refractivity contribution is 8.01. The molecule has 2 aromatic carbocycles. The Bertz CT molecular complexity index is 972. The minimum atomic E-state index is -3.48. The van der Waals surface area contributed by atoms with E-state index in [2.05, 4.69) is 9.71 Å². The van der Waals surface area contributed by atoms with Gasteiger partial charge in [0.25, 0.3) is 0 Å². The number of thioether (sulfide) groups is 1. The molecule has 0 atom stereocenters. The lowest BCUT2D eigenvalue weighted by atomic mass is 10.3. The first-order valence-corrected chi connectivity index (χ1v) is 11.6. The van der Waals surface area contributed by atoms with Crippen molar-refractivity contribution >= 4 is 60.6 Å². The largest absolute Gasteiger partial charge is 0.495 e. The molecule has 0 spiro atoms. The van der Waals surface area contributed by atoms with Crippen molar-refractivity contribution in [3.8, 4) is 5.75 Å². The Labute approximate surface area is 165 Å². The fourth-order valence-corrected chi connectivity index (χ4v) is 5.85. The van der Waals surface area contributed by atoms with Crippen LogP contribution in [0, 0.1) is 0 Å². The van der Waals surface area contributed by atoms with Crippen molar-refractivity contribution in [2.24, 2.45) is 0 Å². The lowest BCUT2D eigenvalue weighted by Crippen LogP contribution is -2.17. The van der Waals surface area contributed by atoms with Crippen LogP contribution in [0.5, 0.6) is 5.75 Å². The molecular formula is C17H17ClN2O3S3. The summed E-state index contributed by atoms with van der Waals surface area (Å²) < 4.78 is 34.4. The summed E-state index contributed by atoms with van der Waals surface area (Å²) in [7, 11) is -2.00. The van der Waals surface area contributed by atoms with Crippen LogP contribution in [0.4, 0.5) is 5.69 Å². The predicted molar refractivity (Wildman–Crippen MR) is 110 cm³/mol. The van der Waals surface area contributed by atoms with E-state index in [0.717, 1.165) is 14.6 Å². The van der Waals surface area contributed by atoms with Crippen LogP contribution in [0.2, 0.25) is 5.02 Å². The van der Waals surface area contributed by atoms with E-state index in [9.17, 15) is 8.42 Å². The molecule has 0 saturated heterocycles. The molecule has 0 unspecified atom stereocenters. The maximum absolute atomic E-state index is 12.3. The molecule has 0 amide bonds. The standard InChI is InChI=1S/C17H17ClN2O3S3/c1-23-15-8-7-12(18)11-14(15)20-26(21,22)10-4-9-24-17-19-13-5-2-3-6-16(13)25-17/h2-3,5-8,11,20H,4,9-10H2,1H3. The highest BCUT2D eigenvalue weighted by Gasteiger charge is 2.14. The van der Waals surface area contributed by atoms with Gasteiger partial charge in [0.05, 0.1) is 28.8 Å². The summed E-state index contributed by atoms with van der Waals surface area (Å²) in [5, 5.41) is 0.440. The van der Waals surface area contributed by atoms with Crippen LogP contribution in [0.3, 0.4) is 0 Å². The first kappa shape index (κ1) is 19.3.